The first-order chi connectivity index (χ1) is 6.16. The van der Waals surface area contributed by atoms with Gasteiger partial charge in [0.2, 0.25) is 0 Å². The van der Waals surface area contributed by atoms with E-state index in [0.717, 1.165) is 0 Å². The number of hydrogen-bond donors (Lipinski definition) is 1. The van der Waals surface area contributed by atoms with Gasteiger partial charge in [-0.15, -0.1) is 0 Å². The van der Waals surface area contributed by atoms with E-state index in [1.165, 1.54) is 6.92 Å². The monoisotopic (exact) mass is 222 g/mol. The molecule has 0 aliphatic carbocycles. The maximum atomic E-state index is 11.0. The lowest BCUT2D eigenvalue weighted by atomic mass is 10.0. The van der Waals surface area contributed by atoms with Crippen LogP contribution in [0.4, 0.5) is 0 Å². The minimum absolute atomic E-state index is 0.162. The third-order valence-corrected chi connectivity index (χ3v) is 2.82. The van der Waals surface area contributed by atoms with Crippen LogP contribution in [-0.2, 0) is 9.59 Å². The quantitative estimate of drug-likeness (QED) is 0.326. The Bertz CT molecular complexity index is 221. The minimum Gasteiger partial charge on any atom is -0.481 e. The lowest BCUT2D eigenvalue weighted by Crippen LogP contribution is -2.44. The number of nitrogens with zero attached hydrogens (tertiary/aromatic N) is 1. The van der Waals surface area contributed by atoms with E-state index in [9.17, 15) is 9.59 Å². The molecule has 0 spiro atoms. The number of aliphatic carboxylic acids is 1. The highest BCUT2D eigenvalue weighted by atomic mass is 35.5. The topological polar surface area (TPSA) is 54.4 Å². The van der Waals surface area contributed by atoms with Crippen molar-refractivity contribution in [1.82, 2.24) is 0 Å². The summed E-state index contributed by atoms with van der Waals surface area (Å²) in [6.07, 6.45) is 0.162. The fraction of sp³-hybridized carbons (Fsp3) is 0.778. The van der Waals surface area contributed by atoms with E-state index < -0.39 is 11.9 Å². The van der Waals surface area contributed by atoms with E-state index in [1.54, 1.807) is 0 Å². The number of ketones is 1. The molecule has 1 N–H and O–H groups in total. The van der Waals surface area contributed by atoms with Gasteiger partial charge in [-0.3, -0.25) is 9.59 Å². The van der Waals surface area contributed by atoms with Gasteiger partial charge in [-0.05, 0) is 6.92 Å². The van der Waals surface area contributed by atoms with Crippen LogP contribution in [0.25, 0.3) is 0 Å². The summed E-state index contributed by atoms with van der Waals surface area (Å²) >= 11 is 6.00. The number of carbonyl (C=O) groups excluding carboxylic acids is 1. The molecule has 0 saturated carbocycles. The molecular formula is C9H17ClNO3+. The van der Waals surface area contributed by atoms with Gasteiger partial charge in [0, 0.05) is 6.42 Å². The van der Waals surface area contributed by atoms with Crippen LogP contribution in [0.1, 0.15) is 13.3 Å². The van der Waals surface area contributed by atoms with Crippen LogP contribution < -0.4 is 0 Å². The molecule has 0 amide bonds. The predicted molar refractivity (Wildman–Crippen MR) is 54.1 cm³/mol. The number of quaternary nitrogens is 1. The Morgan fingerprint density at radius 2 is 1.79 bits per heavy atom. The van der Waals surface area contributed by atoms with Crippen molar-refractivity contribution in [2.45, 2.75) is 18.8 Å². The van der Waals surface area contributed by atoms with Crippen molar-refractivity contribution in [3.63, 3.8) is 0 Å². The molecule has 82 valence electrons. The zero-order chi connectivity index (χ0) is 11.5. The highest BCUT2D eigenvalue weighted by Crippen LogP contribution is 2.19. The molecule has 0 aromatic heterocycles. The molecule has 0 aliphatic heterocycles. The molecule has 2 atom stereocenters. The molecule has 0 aromatic rings. The zero-order valence-corrected chi connectivity index (χ0v) is 9.71. The minimum atomic E-state index is -1.10. The number of carboxylic acid groups (broad SMARTS) is 1. The zero-order valence-electron chi connectivity index (χ0n) is 8.95. The fourth-order valence-electron chi connectivity index (χ4n) is 0.951. The van der Waals surface area contributed by atoms with Crippen molar-refractivity contribution in [3.05, 3.63) is 0 Å². The van der Waals surface area contributed by atoms with E-state index in [1.807, 2.05) is 21.1 Å². The molecule has 0 aliphatic rings. The van der Waals surface area contributed by atoms with Crippen molar-refractivity contribution in [2.75, 3.05) is 21.1 Å². The van der Waals surface area contributed by atoms with Crippen LogP contribution in [0.5, 0.6) is 0 Å². The Morgan fingerprint density at radius 1 is 1.36 bits per heavy atom. The summed E-state index contributed by atoms with van der Waals surface area (Å²) in [5, 5.41) is 8.77. The van der Waals surface area contributed by atoms with Crippen LogP contribution in [-0.4, -0.2) is 48.0 Å². The van der Waals surface area contributed by atoms with E-state index in [2.05, 4.69) is 0 Å². The number of halogens is 1. The van der Waals surface area contributed by atoms with Gasteiger partial charge < -0.3 is 9.59 Å². The summed E-state index contributed by atoms with van der Waals surface area (Å²) in [6.45, 7) is 1.28. The van der Waals surface area contributed by atoms with Crippen LogP contribution >= 0.6 is 11.6 Å². The molecule has 14 heavy (non-hydrogen) atoms. The summed E-state index contributed by atoms with van der Waals surface area (Å²) in [6, 6.07) is 0. The third-order valence-electron chi connectivity index (χ3n) is 2.06. The molecule has 0 radical (unpaired) electrons. The van der Waals surface area contributed by atoms with Gasteiger partial charge in [-0.1, -0.05) is 11.6 Å². The first-order valence-corrected chi connectivity index (χ1v) is 4.78. The maximum absolute atomic E-state index is 11.0. The number of Topliss-reactive ketones (excluding diaryl/α,β-unsaturated/α-hetero) is 1. The van der Waals surface area contributed by atoms with Crippen LogP contribution in [0.3, 0.4) is 0 Å². The first-order valence-electron chi connectivity index (χ1n) is 4.34. The van der Waals surface area contributed by atoms with E-state index >= 15 is 0 Å². The molecule has 0 heterocycles. The Balaban J connectivity index is 4.47. The Kier molecular flexibility index (Phi) is 4.55. The number of carboxylic acids is 1. The Labute approximate surface area is 89.0 Å². The standard InChI is InChI=1S/C9H16ClNO3/c1-6(12)7(9(13)14)5-8(10)11(2,3)4/h7-8H,5H2,1-4H3/p+1. The van der Waals surface area contributed by atoms with Crippen molar-refractivity contribution in [2.24, 2.45) is 5.92 Å². The van der Waals surface area contributed by atoms with Gasteiger partial charge >= 0.3 is 5.97 Å². The molecule has 0 saturated heterocycles. The van der Waals surface area contributed by atoms with Gasteiger partial charge in [-0.2, -0.15) is 0 Å². The molecule has 5 heteroatoms. The number of alkyl halides is 1. The first kappa shape index (κ1) is 13.4. The summed E-state index contributed by atoms with van der Waals surface area (Å²) < 4.78 is 0.429. The molecule has 4 nitrogen and oxygen atoms in total. The third kappa shape index (κ3) is 4.07. The van der Waals surface area contributed by atoms with Gasteiger partial charge in [0.25, 0.3) is 0 Å². The smallest absolute Gasteiger partial charge is 0.314 e. The molecule has 0 rings (SSSR count). The number of carbonyl (C=O) groups is 2. The average Bonchev–Trinajstić information content (AvgIpc) is 1.96. The normalized spacial score (nSPS) is 16.1. The average molecular weight is 223 g/mol. The molecule has 0 fully saturated rings. The van der Waals surface area contributed by atoms with Crippen LogP contribution in [0.2, 0.25) is 0 Å². The number of rotatable bonds is 5. The van der Waals surface area contributed by atoms with E-state index in [4.69, 9.17) is 16.7 Å². The molecule has 2 unspecified atom stereocenters. The predicted octanol–water partition coefficient (Wildman–Crippen LogP) is 0.937. The Morgan fingerprint density at radius 3 is 2.00 bits per heavy atom. The Hall–Kier alpha value is -0.610. The molecular weight excluding hydrogens is 206 g/mol. The molecule has 0 bridgehead atoms. The largest absolute Gasteiger partial charge is 0.481 e. The van der Waals surface area contributed by atoms with Gasteiger partial charge in [0.1, 0.15) is 11.7 Å². The van der Waals surface area contributed by atoms with Crippen molar-refractivity contribution in [3.8, 4) is 0 Å². The maximum Gasteiger partial charge on any atom is 0.314 e. The van der Waals surface area contributed by atoms with E-state index in [-0.39, 0.29) is 17.7 Å². The van der Waals surface area contributed by atoms with E-state index in [0.29, 0.717) is 4.48 Å². The van der Waals surface area contributed by atoms with Crippen molar-refractivity contribution < 1.29 is 19.2 Å². The summed E-state index contributed by atoms with van der Waals surface area (Å²) in [5.74, 6) is -2.44. The van der Waals surface area contributed by atoms with Gasteiger partial charge in [0.15, 0.2) is 5.50 Å². The number of hydrogen-bond acceptors (Lipinski definition) is 2. The second-order valence-corrected chi connectivity index (χ2v) is 4.79. The lowest BCUT2D eigenvalue weighted by Gasteiger charge is -2.30. The van der Waals surface area contributed by atoms with Gasteiger partial charge in [0.05, 0.1) is 21.1 Å². The van der Waals surface area contributed by atoms with Crippen molar-refractivity contribution in [1.29, 1.82) is 0 Å². The second kappa shape index (κ2) is 4.75. The fourth-order valence-corrected chi connectivity index (χ4v) is 1.13. The summed E-state index contributed by atoms with van der Waals surface area (Å²) in [7, 11) is 5.57. The summed E-state index contributed by atoms with van der Waals surface area (Å²) in [4.78, 5) is 21.7. The van der Waals surface area contributed by atoms with Crippen LogP contribution in [0, 0.1) is 5.92 Å². The summed E-state index contributed by atoms with van der Waals surface area (Å²) in [5.41, 5.74) is -0.375. The second-order valence-electron chi connectivity index (χ2n) is 4.29. The lowest BCUT2D eigenvalue weighted by molar-refractivity contribution is -0.883. The van der Waals surface area contributed by atoms with Crippen molar-refractivity contribution >= 4 is 23.4 Å². The highest BCUT2D eigenvalue weighted by Gasteiger charge is 2.31. The SMILES string of the molecule is CC(=O)C(CC(Cl)[N+](C)(C)C)C(=O)O. The van der Waals surface area contributed by atoms with Crippen LogP contribution in [0.15, 0.2) is 0 Å². The van der Waals surface area contributed by atoms with Gasteiger partial charge in [-0.25, -0.2) is 0 Å². The highest BCUT2D eigenvalue weighted by molar-refractivity contribution is 6.20. The molecule has 0 aromatic carbocycles.